The van der Waals surface area contributed by atoms with E-state index >= 15 is 0 Å². The number of halogens is 5. The summed E-state index contributed by atoms with van der Waals surface area (Å²) in [4.78, 5) is 30.6. The Hall–Kier alpha value is -3.96. The van der Waals surface area contributed by atoms with Crippen LogP contribution in [0.25, 0.3) is 16.8 Å². The number of aromatic nitrogens is 1. The second-order valence-corrected chi connectivity index (χ2v) is 14.3. The van der Waals surface area contributed by atoms with E-state index in [-0.39, 0.29) is 29.9 Å². The molecule has 3 aromatic carbocycles. The van der Waals surface area contributed by atoms with Crippen molar-refractivity contribution in [1.82, 2.24) is 14.4 Å². The number of hydrogen-bond acceptors (Lipinski definition) is 4. The second-order valence-electron chi connectivity index (χ2n) is 12.7. The maximum absolute atomic E-state index is 14.5. The van der Waals surface area contributed by atoms with Crippen LogP contribution in [0.3, 0.4) is 0 Å². The number of hydrogen-bond donors (Lipinski definition) is 0. The number of benzene rings is 3. The Kier molecular flexibility index (Phi) is 11.0. The van der Waals surface area contributed by atoms with Gasteiger partial charge in [0.25, 0.3) is 0 Å². The van der Waals surface area contributed by atoms with Gasteiger partial charge in [-0.15, -0.1) is 11.8 Å². The summed E-state index contributed by atoms with van der Waals surface area (Å²) in [5, 5.41) is 0. The highest BCUT2D eigenvalue weighted by Gasteiger charge is 2.37. The molecule has 0 saturated carbocycles. The van der Waals surface area contributed by atoms with E-state index < -0.39 is 28.1 Å². The monoisotopic (exact) mass is 697 g/mol. The molecule has 1 unspecified atom stereocenters. The topological polar surface area (TPSA) is 45.5 Å². The number of likely N-dealkylation sites (N-methyl/N-ethyl adjacent to an activating group) is 1. The number of fused-ring (bicyclic) bond motifs is 1. The molecule has 1 aromatic heterocycles. The number of pyridine rings is 1. The van der Waals surface area contributed by atoms with Crippen LogP contribution < -0.4 is 5.43 Å². The van der Waals surface area contributed by atoms with E-state index in [4.69, 9.17) is 0 Å². The molecule has 11 heteroatoms. The van der Waals surface area contributed by atoms with E-state index in [9.17, 15) is 31.5 Å². The van der Waals surface area contributed by atoms with Crippen molar-refractivity contribution in [3.05, 3.63) is 117 Å². The van der Waals surface area contributed by atoms with Crippen LogP contribution in [-0.4, -0.2) is 51.2 Å². The lowest BCUT2D eigenvalue weighted by atomic mass is 9.95. The summed E-state index contributed by atoms with van der Waals surface area (Å²) >= 11 is 1.42. The van der Waals surface area contributed by atoms with Gasteiger partial charge in [-0.25, -0.2) is 8.78 Å². The molecule has 49 heavy (non-hydrogen) atoms. The van der Waals surface area contributed by atoms with Crippen LogP contribution in [-0.2, 0) is 30.4 Å². The summed E-state index contributed by atoms with van der Waals surface area (Å²) in [6.07, 6.45) is -1.54. The van der Waals surface area contributed by atoms with Gasteiger partial charge in [0.1, 0.15) is 0 Å². The van der Waals surface area contributed by atoms with E-state index in [1.165, 1.54) is 43.0 Å². The van der Waals surface area contributed by atoms with Gasteiger partial charge in [-0.3, -0.25) is 9.59 Å². The van der Waals surface area contributed by atoms with Gasteiger partial charge in [-0.05, 0) is 79.4 Å². The Morgan fingerprint density at radius 1 is 0.939 bits per heavy atom. The Morgan fingerprint density at radius 3 is 2.29 bits per heavy atom. The minimum atomic E-state index is -4.46. The molecule has 0 radical (unpaired) electrons. The van der Waals surface area contributed by atoms with E-state index in [0.717, 1.165) is 42.5 Å². The number of carbonyl (C=O) groups is 1. The Balaban J connectivity index is 1.55. The second kappa shape index (κ2) is 14.9. The van der Waals surface area contributed by atoms with Gasteiger partial charge in [-0.1, -0.05) is 50.2 Å². The van der Waals surface area contributed by atoms with Crippen LogP contribution in [0, 0.1) is 11.6 Å². The number of amides is 1. The van der Waals surface area contributed by atoms with Crippen molar-refractivity contribution in [3.63, 3.8) is 0 Å². The van der Waals surface area contributed by atoms with Crippen LogP contribution in [0.1, 0.15) is 56.5 Å². The highest BCUT2D eigenvalue weighted by molar-refractivity contribution is 8.01. The highest BCUT2D eigenvalue weighted by Crippen LogP contribution is 2.47. The predicted molar refractivity (Wildman–Crippen MR) is 184 cm³/mol. The molecule has 260 valence electrons. The van der Waals surface area contributed by atoms with Crippen LogP contribution in [0.2, 0.25) is 0 Å². The molecule has 5 rings (SSSR count). The van der Waals surface area contributed by atoms with Gasteiger partial charge in [0.15, 0.2) is 17.1 Å². The van der Waals surface area contributed by atoms with Crippen LogP contribution >= 0.6 is 11.8 Å². The lowest BCUT2D eigenvalue weighted by molar-refractivity contribution is -0.137. The summed E-state index contributed by atoms with van der Waals surface area (Å²) in [6, 6.07) is 16.2. The van der Waals surface area contributed by atoms with E-state index in [2.05, 4.69) is 18.7 Å². The maximum atomic E-state index is 14.5. The fraction of sp³-hybridized carbons (Fsp3) is 0.368. The zero-order valence-corrected chi connectivity index (χ0v) is 28.9. The minimum Gasteiger partial charge on any atom is -0.337 e. The molecule has 2 heterocycles. The molecule has 0 bridgehead atoms. The molecule has 0 spiro atoms. The summed E-state index contributed by atoms with van der Waals surface area (Å²) in [7, 11) is 0. The third-order valence-electron chi connectivity index (χ3n) is 9.27. The molecular formula is C38H40F5N3O2S. The summed E-state index contributed by atoms with van der Waals surface area (Å²) in [6.45, 7) is 10.8. The first-order valence-electron chi connectivity index (χ1n) is 16.4. The van der Waals surface area contributed by atoms with Crippen LogP contribution in [0.4, 0.5) is 22.0 Å². The van der Waals surface area contributed by atoms with Gasteiger partial charge in [0, 0.05) is 55.7 Å². The minimum absolute atomic E-state index is 0.0947. The number of nitrogens with zero attached hydrogens (tertiary/aromatic N) is 3. The molecule has 1 aliphatic heterocycles. The largest absolute Gasteiger partial charge is 0.416 e. The zero-order chi connectivity index (χ0) is 35.5. The van der Waals surface area contributed by atoms with E-state index in [1.807, 2.05) is 29.7 Å². The van der Waals surface area contributed by atoms with Crippen LogP contribution in [0.5, 0.6) is 0 Å². The molecule has 0 N–H and O–H groups in total. The fourth-order valence-corrected chi connectivity index (χ4v) is 7.65. The molecule has 5 nitrogen and oxygen atoms in total. The molecule has 0 saturated heterocycles. The molecular weight excluding hydrogens is 657 g/mol. The first kappa shape index (κ1) is 36.3. The standard InChI is InChI=1S/C38H40F5N3O2S/c1-5-44(6-2)20-21-45(25(3)47)24-29-11-10-28(26-12-14-30(15-13-26)38(41,42)43)22-32(29)46-19-17-34(48)36-33(46)23-37(4,49-36)18-16-27-8-7-9-31(39)35(27)40/h7-15,17,19,22H,5-6,16,18,20-21,23-24H2,1-4H3. The molecule has 0 aliphatic carbocycles. The van der Waals surface area contributed by atoms with Crippen molar-refractivity contribution in [2.75, 3.05) is 26.2 Å². The predicted octanol–water partition coefficient (Wildman–Crippen LogP) is 8.53. The maximum Gasteiger partial charge on any atom is 0.416 e. The third-order valence-corrected chi connectivity index (χ3v) is 10.8. The fourth-order valence-electron chi connectivity index (χ4n) is 6.29. The average molecular weight is 698 g/mol. The number of alkyl halides is 3. The number of aryl methyl sites for hydroxylation is 1. The van der Waals surface area contributed by atoms with Crippen LogP contribution in [0.15, 0.2) is 82.6 Å². The first-order valence-corrected chi connectivity index (χ1v) is 17.2. The molecule has 0 fully saturated rings. The summed E-state index contributed by atoms with van der Waals surface area (Å²) in [5.41, 5.74) is 2.89. The highest BCUT2D eigenvalue weighted by atomic mass is 32.2. The quantitative estimate of drug-likeness (QED) is 0.139. The first-order chi connectivity index (χ1) is 23.2. The third kappa shape index (κ3) is 8.27. The Morgan fingerprint density at radius 2 is 1.63 bits per heavy atom. The zero-order valence-electron chi connectivity index (χ0n) is 28.0. The summed E-state index contributed by atoms with van der Waals surface area (Å²) in [5.74, 6) is -1.86. The van der Waals surface area contributed by atoms with Gasteiger partial charge < -0.3 is 14.4 Å². The van der Waals surface area contributed by atoms with Crippen molar-refractivity contribution in [2.24, 2.45) is 0 Å². The number of thioether (sulfide) groups is 1. The van der Waals surface area contributed by atoms with Gasteiger partial charge in [0.05, 0.1) is 16.1 Å². The lowest BCUT2D eigenvalue weighted by Crippen LogP contribution is -2.37. The molecule has 1 aliphatic rings. The number of rotatable bonds is 12. The summed E-state index contributed by atoms with van der Waals surface area (Å²) < 4.78 is 69.8. The van der Waals surface area contributed by atoms with E-state index in [1.54, 1.807) is 17.2 Å². The van der Waals surface area contributed by atoms with Gasteiger partial charge in [-0.2, -0.15) is 13.2 Å². The van der Waals surface area contributed by atoms with Crippen molar-refractivity contribution in [3.8, 4) is 16.8 Å². The van der Waals surface area contributed by atoms with Gasteiger partial charge >= 0.3 is 6.18 Å². The Bertz CT molecular complexity index is 1870. The van der Waals surface area contributed by atoms with Crippen molar-refractivity contribution in [1.29, 1.82) is 0 Å². The molecule has 1 atom stereocenters. The normalized spacial score (nSPS) is 15.9. The van der Waals surface area contributed by atoms with Crippen molar-refractivity contribution < 1.29 is 26.7 Å². The average Bonchev–Trinajstić information content (AvgIpc) is 3.43. The Labute approximate surface area is 287 Å². The number of carbonyl (C=O) groups excluding carboxylic acids is 1. The van der Waals surface area contributed by atoms with Gasteiger partial charge in [0.2, 0.25) is 5.91 Å². The van der Waals surface area contributed by atoms with Crippen molar-refractivity contribution >= 4 is 17.7 Å². The molecule has 4 aromatic rings. The smallest absolute Gasteiger partial charge is 0.337 e. The molecule has 1 amide bonds. The van der Waals surface area contributed by atoms with Crippen molar-refractivity contribution in [2.45, 2.75) is 69.3 Å². The SMILES string of the molecule is CCN(CC)CCN(Cc1ccc(-c2ccc(C(F)(F)F)cc2)cc1-n1ccc(=O)c2c1CC(C)(CCc1cccc(F)c1F)S2)C(C)=O. The van der Waals surface area contributed by atoms with E-state index in [0.29, 0.717) is 47.6 Å². The lowest BCUT2D eigenvalue weighted by Gasteiger charge is -2.27.